The zero-order chi connectivity index (χ0) is 21.6. The molecule has 0 unspecified atom stereocenters. The van der Waals surface area contributed by atoms with Gasteiger partial charge in [0, 0.05) is 11.5 Å². The van der Waals surface area contributed by atoms with Gasteiger partial charge in [-0.2, -0.15) is 10.1 Å². The van der Waals surface area contributed by atoms with Gasteiger partial charge in [-0.1, -0.05) is 51.1 Å². The van der Waals surface area contributed by atoms with Crippen LogP contribution < -0.4 is 0 Å². The molecule has 0 atom stereocenters. The van der Waals surface area contributed by atoms with Crippen molar-refractivity contribution in [2.75, 3.05) is 0 Å². The summed E-state index contributed by atoms with van der Waals surface area (Å²) < 4.78 is 0. The standard InChI is InChI=1S/C23H19N3O4/c1-23(2,3)15-9-7-14(8-10-15)13-24-25-21(27)17-6-4-5-16-19(26(29)30)12-11-18(20(16)17)22(25)28/h4-13H,1-3H3. The van der Waals surface area contributed by atoms with Crippen molar-refractivity contribution >= 4 is 34.5 Å². The first-order valence-corrected chi connectivity index (χ1v) is 9.42. The van der Waals surface area contributed by atoms with Crippen molar-refractivity contribution in [3.8, 4) is 0 Å². The molecule has 0 aliphatic carbocycles. The highest BCUT2D eigenvalue weighted by Crippen LogP contribution is 2.35. The quantitative estimate of drug-likeness (QED) is 0.276. The predicted molar refractivity (Wildman–Crippen MR) is 114 cm³/mol. The molecule has 30 heavy (non-hydrogen) atoms. The molecule has 3 aromatic rings. The number of rotatable bonds is 3. The minimum Gasteiger partial charge on any atom is -0.267 e. The molecule has 0 aromatic heterocycles. The maximum absolute atomic E-state index is 12.9. The average molecular weight is 401 g/mol. The molecule has 1 aliphatic heterocycles. The lowest BCUT2D eigenvalue weighted by Crippen LogP contribution is -2.36. The Kier molecular flexibility index (Phi) is 4.46. The van der Waals surface area contributed by atoms with E-state index in [9.17, 15) is 19.7 Å². The maximum atomic E-state index is 12.9. The van der Waals surface area contributed by atoms with Crippen molar-refractivity contribution < 1.29 is 14.5 Å². The van der Waals surface area contributed by atoms with Gasteiger partial charge >= 0.3 is 0 Å². The van der Waals surface area contributed by atoms with Gasteiger partial charge in [-0.05, 0) is 34.7 Å². The molecule has 7 heteroatoms. The zero-order valence-electron chi connectivity index (χ0n) is 16.7. The predicted octanol–water partition coefficient (Wildman–Crippen LogP) is 4.68. The van der Waals surface area contributed by atoms with E-state index in [2.05, 4.69) is 25.9 Å². The van der Waals surface area contributed by atoms with Crippen molar-refractivity contribution in [2.45, 2.75) is 26.2 Å². The van der Waals surface area contributed by atoms with Gasteiger partial charge < -0.3 is 0 Å². The lowest BCUT2D eigenvalue weighted by Gasteiger charge is -2.23. The number of nitro groups is 1. The fourth-order valence-electron chi connectivity index (χ4n) is 3.53. The second-order valence-corrected chi connectivity index (χ2v) is 8.16. The van der Waals surface area contributed by atoms with Crippen molar-refractivity contribution in [1.29, 1.82) is 0 Å². The highest BCUT2D eigenvalue weighted by molar-refractivity contribution is 6.26. The minimum absolute atomic E-state index is 0.0134. The largest absolute Gasteiger partial charge is 0.282 e. The van der Waals surface area contributed by atoms with E-state index in [0.717, 1.165) is 16.1 Å². The van der Waals surface area contributed by atoms with Gasteiger partial charge in [-0.3, -0.25) is 19.7 Å². The zero-order valence-corrected chi connectivity index (χ0v) is 16.7. The van der Waals surface area contributed by atoms with Crippen LogP contribution in [-0.2, 0) is 5.41 Å². The molecule has 0 spiro atoms. The summed E-state index contributed by atoms with van der Waals surface area (Å²) in [6, 6.07) is 15.0. The van der Waals surface area contributed by atoms with Crippen LogP contribution in [0.4, 0.5) is 5.69 Å². The smallest absolute Gasteiger partial charge is 0.267 e. The number of benzene rings is 3. The van der Waals surface area contributed by atoms with E-state index in [-0.39, 0.29) is 27.6 Å². The van der Waals surface area contributed by atoms with E-state index in [1.54, 1.807) is 12.1 Å². The van der Waals surface area contributed by atoms with Crippen molar-refractivity contribution in [3.05, 3.63) is 87.0 Å². The Labute approximate surface area is 172 Å². The highest BCUT2D eigenvalue weighted by atomic mass is 16.6. The SMILES string of the molecule is CC(C)(C)c1ccc(C=NN2C(=O)c3cccc4c([N+](=O)[O-])ccc(c34)C2=O)cc1. The van der Waals surface area contributed by atoms with Gasteiger partial charge in [0.05, 0.1) is 27.7 Å². The molecule has 0 saturated carbocycles. The lowest BCUT2D eigenvalue weighted by atomic mass is 9.87. The first-order valence-electron chi connectivity index (χ1n) is 9.42. The fourth-order valence-corrected chi connectivity index (χ4v) is 3.53. The van der Waals surface area contributed by atoms with Crippen LogP contribution >= 0.6 is 0 Å². The Bertz CT molecular complexity index is 1220. The van der Waals surface area contributed by atoms with Gasteiger partial charge in [-0.15, -0.1) is 0 Å². The number of carbonyl (C=O) groups is 2. The van der Waals surface area contributed by atoms with E-state index >= 15 is 0 Å². The Balaban J connectivity index is 1.73. The Morgan fingerprint density at radius 1 is 0.933 bits per heavy atom. The molecule has 0 bridgehead atoms. The van der Waals surface area contributed by atoms with Crippen LogP contribution in [0.5, 0.6) is 0 Å². The van der Waals surface area contributed by atoms with Crippen LogP contribution in [0.15, 0.2) is 59.7 Å². The highest BCUT2D eigenvalue weighted by Gasteiger charge is 2.34. The van der Waals surface area contributed by atoms with Crippen molar-refractivity contribution in [3.63, 3.8) is 0 Å². The number of imide groups is 1. The van der Waals surface area contributed by atoms with E-state index in [1.165, 1.54) is 24.4 Å². The summed E-state index contributed by atoms with van der Waals surface area (Å²) in [4.78, 5) is 36.6. The van der Waals surface area contributed by atoms with Gasteiger partial charge in [0.15, 0.2) is 0 Å². The molecular formula is C23H19N3O4. The van der Waals surface area contributed by atoms with Crippen LogP contribution in [0.2, 0.25) is 0 Å². The molecule has 7 nitrogen and oxygen atoms in total. The van der Waals surface area contributed by atoms with Crippen LogP contribution in [-0.4, -0.2) is 28.0 Å². The van der Waals surface area contributed by atoms with Gasteiger partial charge in [0.25, 0.3) is 17.5 Å². The Morgan fingerprint density at radius 2 is 1.57 bits per heavy atom. The third-order valence-electron chi connectivity index (χ3n) is 5.16. The molecule has 1 aliphatic rings. The van der Waals surface area contributed by atoms with Crippen molar-refractivity contribution in [1.82, 2.24) is 5.01 Å². The van der Waals surface area contributed by atoms with Crippen molar-refractivity contribution in [2.24, 2.45) is 5.10 Å². The number of amides is 2. The number of nitrogens with zero attached hydrogens (tertiary/aromatic N) is 3. The van der Waals surface area contributed by atoms with Crippen LogP contribution in [0.3, 0.4) is 0 Å². The first-order chi connectivity index (χ1) is 14.2. The molecule has 0 N–H and O–H groups in total. The molecule has 2 amide bonds. The molecule has 150 valence electrons. The molecule has 0 saturated heterocycles. The fraction of sp³-hybridized carbons (Fsp3) is 0.174. The molecule has 3 aromatic carbocycles. The first kappa shape index (κ1) is 19.4. The summed E-state index contributed by atoms with van der Waals surface area (Å²) in [5, 5.41) is 16.8. The average Bonchev–Trinajstić information content (AvgIpc) is 2.71. The summed E-state index contributed by atoms with van der Waals surface area (Å²) in [5.74, 6) is -1.22. The van der Waals surface area contributed by atoms with E-state index in [0.29, 0.717) is 5.39 Å². The normalized spacial score (nSPS) is 14.0. The number of carbonyl (C=O) groups excluding carboxylic acids is 2. The minimum atomic E-state index is -0.610. The maximum Gasteiger partial charge on any atom is 0.282 e. The number of hydrogen-bond donors (Lipinski definition) is 0. The second kappa shape index (κ2) is 6.88. The number of nitro benzene ring substituents is 1. The molecule has 1 heterocycles. The number of hydrazone groups is 1. The summed E-state index contributed by atoms with van der Waals surface area (Å²) >= 11 is 0. The topological polar surface area (TPSA) is 92.9 Å². The molecule has 4 rings (SSSR count). The Hall–Kier alpha value is -3.87. The third kappa shape index (κ3) is 3.14. The molecule has 0 fully saturated rings. The summed E-state index contributed by atoms with van der Waals surface area (Å²) in [7, 11) is 0. The summed E-state index contributed by atoms with van der Waals surface area (Å²) in [5.41, 5.74) is 2.20. The van der Waals surface area contributed by atoms with Crippen LogP contribution in [0.1, 0.15) is 52.6 Å². The number of non-ortho nitro benzene ring substituents is 1. The van der Waals surface area contributed by atoms with Gasteiger partial charge in [0.2, 0.25) is 0 Å². The monoisotopic (exact) mass is 401 g/mol. The summed E-state index contributed by atoms with van der Waals surface area (Å²) in [6.45, 7) is 6.34. The second-order valence-electron chi connectivity index (χ2n) is 8.16. The molecular weight excluding hydrogens is 382 g/mol. The van der Waals surface area contributed by atoms with Crippen LogP contribution in [0.25, 0.3) is 10.8 Å². The molecule has 0 radical (unpaired) electrons. The van der Waals surface area contributed by atoms with E-state index in [4.69, 9.17) is 0 Å². The lowest BCUT2D eigenvalue weighted by molar-refractivity contribution is -0.383. The van der Waals surface area contributed by atoms with Crippen LogP contribution in [0, 0.1) is 10.1 Å². The van der Waals surface area contributed by atoms with Gasteiger partial charge in [-0.25, -0.2) is 0 Å². The Morgan fingerprint density at radius 3 is 2.17 bits per heavy atom. The van der Waals surface area contributed by atoms with E-state index < -0.39 is 16.7 Å². The number of hydrogen-bond acceptors (Lipinski definition) is 5. The van der Waals surface area contributed by atoms with Gasteiger partial charge in [0.1, 0.15) is 0 Å². The van der Waals surface area contributed by atoms with E-state index in [1.807, 2.05) is 24.3 Å². The third-order valence-corrected chi connectivity index (χ3v) is 5.16. The summed E-state index contributed by atoms with van der Waals surface area (Å²) in [6.07, 6.45) is 1.46.